The lowest BCUT2D eigenvalue weighted by Gasteiger charge is -2.26. The molecule has 2 N–H and O–H groups in total. The average Bonchev–Trinajstić information content (AvgIpc) is 2.70. The van der Waals surface area contributed by atoms with Gasteiger partial charge in [0.05, 0.1) is 19.6 Å². The molecule has 0 aromatic heterocycles. The summed E-state index contributed by atoms with van der Waals surface area (Å²) < 4.78 is 5.88. The Morgan fingerprint density at radius 1 is 1.16 bits per heavy atom. The maximum Gasteiger partial charge on any atom is 0.341 e. The number of carboxylic acid groups (broad SMARTS) is 1. The van der Waals surface area contributed by atoms with Gasteiger partial charge in [0.25, 0.3) is 17.5 Å². The maximum atomic E-state index is 12.9. The third-order valence-electron chi connectivity index (χ3n) is 4.09. The number of halogens is 2. The van der Waals surface area contributed by atoms with Gasteiger partial charge in [-0.25, -0.2) is 14.5 Å². The van der Waals surface area contributed by atoms with E-state index in [9.17, 15) is 29.3 Å². The molecule has 0 atom stereocenters. The highest BCUT2D eigenvalue weighted by atomic mass is 79.9. The highest BCUT2D eigenvalue weighted by molar-refractivity contribution is 9.11. The molecule has 2 aromatic rings. The van der Waals surface area contributed by atoms with Crippen molar-refractivity contribution in [1.29, 1.82) is 0 Å². The molecular formula is C19H11Br2N3O8. The van der Waals surface area contributed by atoms with Crippen molar-refractivity contribution >= 4 is 73.1 Å². The fourth-order valence-electron chi connectivity index (χ4n) is 2.72. The third-order valence-corrected chi connectivity index (χ3v) is 5.27. The number of carbonyl (C=O) groups is 4. The minimum atomic E-state index is -1.17. The van der Waals surface area contributed by atoms with Crippen molar-refractivity contribution in [2.45, 2.75) is 0 Å². The lowest BCUT2D eigenvalue weighted by atomic mass is 10.1. The molecule has 2 aromatic carbocycles. The summed E-state index contributed by atoms with van der Waals surface area (Å²) >= 11 is 6.47. The van der Waals surface area contributed by atoms with Gasteiger partial charge in [0, 0.05) is 12.1 Å². The Balaban J connectivity index is 1.95. The number of urea groups is 1. The summed E-state index contributed by atoms with van der Waals surface area (Å²) in [6, 6.07) is 6.66. The SMILES string of the molecule is O=C(O)COc1c(Br)cc(/C=C2\C(=O)NC(=O)N(c3ccc([N+](=O)[O-])cc3)C2=O)cc1Br. The average molecular weight is 569 g/mol. The second kappa shape index (κ2) is 9.28. The fourth-order valence-corrected chi connectivity index (χ4v) is 4.17. The van der Waals surface area contributed by atoms with Gasteiger partial charge < -0.3 is 9.84 Å². The van der Waals surface area contributed by atoms with Crippen LogP contribution in [0, 0.1) is 10.1 Å². The number of non-ortho nitro benzene ring substituents is 1. The predicted molar refractivity (Wildman–Crippen MR) is 117 cm³/mol. The van der Waals surface area contributed by atoms with E-state index in [0.717, 1.165) is 12.1 Å². The molecule has 1 heterocycles. The van der Waals surface area contributed by atoms with E-state index in [0.29, 0.717) is 19.4 Å². The van der Waals surface area contributed by atoms with Crippen LogP contribution in [0.5, 0.6) is 5.75 Å². The highest BCUT2D eigenvalue weighted by Crippen LogP contribution is 2.35. The largest absolute Gasteiger partial charge is 0.480 e. The van der Waals surface area contributed by atoms with E-state index in [-0.39, 0.29) is 22.7 Å². The fraction of sp³-hybridized carbons (Fsp3) is 0.0526. The van der Waals surface area contributed by atoms with E-state index >= 15 is 0 Å². The molecule has 32 heavy (non-hydrogen) atoms. The molecule has 13 heteroatoms. The zero-order valence-corrected chi connectivity index (χ0v) is 18.9. The van der Waals surface area contributed by atoms with Crippen LogP contribution in [0.25, 0.3) is 6.08 Å². The van der Waals surface area contributed by atoms with Crippen molar-refractivity contribution in [3.8, 4) is 5.75 Å². The lowest BCUT2D eigenvalue weighted by Crippen LogP contribution is -2.54. The molecule has 0 saturated carbocycles. The van der Waals surface area contributed by atoms with Crippen molar-refractivity contribution in [2.24, 2.45) is 0 Å². The van der Waals surface area contributed by atoms with Crippen molar-refractivity contribution in [3.63, 3.8) is 0 Å². The van der Waals surface area contributed by atoms with Crippen molar-refractivity contribution in [1.82, 2.24) is 5.32 Å². The Hall–Kier alpha value is -3.58. The molecule has 1 aliphatic heterocycles. The van der Waals surface area contributed by atoms with Gasteiger partial charge in [-0.05, 0) is 67.8 Å². The molecule has 3 rings (SSSR count). The topological polar surface area (TPSA) is 156 Å². The van der Waals surface area contributed by atoms with E-state index < -0.39 is 35.3 Å². The number of carboxylic acids is 1. The van der Waals surface area contributed by atoms with Gasteiger partial charge in [0.1, 0.15) is 11.3 Å². The molecular weight excluding hydrogens is 558 g/mol. The summed E-state index contributed by atoms with van der Waals surface area (Å²) in [4.78, 5) is 59.0. The number of carbonyl (C=O) groups excluding carboxylic acids is 3. The van der Waals surface area contributed by atoms with E-state index in [1.54, 1.807) is 0 Å². The van der Waals surface area contributed by atoms with E-state index in [2.05, 4.69) is 37.2 Å². The number of rotatable bonds is 6. The predicted octanol–water partition coefficient (Wildman–Crippen LogP) is 3.25. The summed E-state index contributed by atoms with van der Waals surface area (Å²) in [5, 5.41) is 21.6. The standard InChI is InChI=1S/C19H11Br2N3O8/c20-13-6-9(7-14(21)16(13)32-8-15(25)26)5-12-17(27)22-19(29)23(18(12)28)10-1-3-11(4-2-10)24(30)31/h1-7H,8H2,(H,25,26)(H,22,27,29)/b12-5+. The number of amides is 4. The smallest absolute Gasteiger partial charge is 0.341 e. The summed E-state index contributed by atoms with van der Waals surface area (Å²) in [6.45, 7) is -0.579. The first-order valence-corrected chi connectivity index (χ1v) is 10.2. The van der Waals surface area contributed by atoms with Crippen LogP contribution >= 0.6 is 31.9 Å². The second-order valence-electron chi connectivity index (χ2n) is 6.23. The summed E-state index contributed by atoms with van der Waals surface area (Å²) in [7, 11) is 0. The van der Waals surface area contributed by atoms with Gasteiger partial charge in [-0.1, -0.05) is 0 Å². The van der Waals surface area contributed by atoms with E-state index in [4.69, 9.17) is 9.84 Å². The first kappa shape index (κ1) is 23.1. The molecule has 1 saturated heterocycles. The van der Waals surface area contributed by atoms with Gasteiger partial charge in [-0.3, -0.25) is 25.0 Å². The number of barbiturate groups is 1. The van der Waals surface area contributed by atoms with Crippen molar-refractivity contribution in [2.75, 3.05) is 11.5 Å². The zero-order valence-electron chi connectivity index (χ0n) is 15.7. The number of nitro groups is 1. The van der Waals surface area contributed by atoms with Crippen molar-refractivity contribution in [3.05, 3.63) is 66.6 Å². The molecule has 0 radical (unpaired) electrons. The summed E-state index contributed by atoms with van der Waals surface area (Å²) in [5.74, 6) is -2.81. The molecule has 4 amide bonds. The Morgan fingerprint density at radius 2 is 1.75 bits per heavy atom. The monoisotopic (exact) mass is 567 g/mol. The van der Waals surface area contributed by atoms with Crippen LogP contribution in [0.1, 0.15) is 5.56 Å². The maximum absolute atomic E-state index is 12.9. The molecule has 0 aliphatic carbocycles. The number of anilines is 1. The first-order valence-electron chi connectivity index (χ1n) is 8.58. The minimum Gasteiger partial charge on any atom is -0.480 e. The van der Waals surface area contributed by atoms with Crippen LogP contribution < -0.4 is 15.0 Å². The van der Waals surface area contributed by atoms with Gasteiger partial charge in [0.2, 0.25) is 0 Å². The number of hydrogen-bond acceptors (Lipinski definition) is 7. The Kier molecular flexibility index (Phi) is 6.69. The quantitative estimate of drug-likeness (QED) is 0.233. The second-order valence-corrected chi connectivity index (χ2v) is 7.94. The molecule has 1 aliphatic rings. The number of ether oxygens (including phenoxy) is 1. The number of hydrogen-bond donors (Lipinski definition) is 2. The van der Waals surface area contributed by atoms with E-state index in [1.165, 1.54) is 30.3 Å². The molecule has 11 nitrogen and oxygen atoms in total. The van der Waals surface area contributed by atoms with Crippen LogP contribution in [-0.4, -0.2) is 40.5 Å². The first-order chi connectivity index (χ1) is 15.1. The van der Waals surface area contributed by atoms with Crippen LogP contribution in [0.4, 0.5) is 16.2 Å². The number of nitrogens with one attached hydrogen (secondary N) is 1. The van der Waals surface area contributed by atoms with E-state index in [1.807, 2.05) is 0 Å². The van der Waals surface area contributed by atoms with Crippen molar-refractivity contribution < 1.29 is 33.9 Å². The Labute approximate surface area is 196 Å². The van der Waals surface area contributed by atoms with Crippen LogP contribution in [0.2, 0.25) is 0 Å². The third kappa shape index (κ3) is 4.84. The van der Waals surface area contributed by atoms with Crippen LogP contribution in [0.3, 0.4) is 0 Å². The molecule has 1 fully saturated rings. The number of benzene rings is 2. The number of nitro benzene ring substituents is 1. The van der Waals surface area contributed by atoms with Crippen LogP contribution in [0.15, 0.2) is 50.9 Å². The summed E-state index contributed by atoms with van der Waals surface area (Å²) in [5.41, 5.74) is -0.189. The Bertz CT molecular complexity index is 1170. The van der Waals surface area contributed by atoms with Crippen LogP contribution in [-0.2, 0) is 14.4 Å². The lowest BCUT2D eigenvalue weighted by molar-refractivity contribution is -0.384. The Morgan fingerprint density at radius 3 is 2.28 bits per heavy atom. The molecule has 0 bridgehead atoms. The minimum absolute atomic E-state index is 0.0382. The molecule has 0 unspecified atom stereocenters. The van der Waals surface area contributed by atoms with Gasteiger partial charge >= 0.3 is 12.0 Å². The van der Waals surface area contributed by atoms with Gasteiger partial charge in [0.15, 0.2) is 6.61 Å². The number of aliphatic carboxylic acids is 1. The van der Waals surface area contributed by atoms with Gasteiger partial charge in [-0.2, -0.15) is 0 Å². The molecule has 0 spiro atoms. The summed E-state index contributed by atoms with van der Waals surface area (Å²) in [6.07, 6.45) is 1.24. The van der Waals surface area contributed by atoms with Gasteiger partial charge in [-0.15, -0.1) is 0 Å². The molecule has 164 valence electrons. The zero-order chi connectivity index (χ0) is 23.6. The number of nitrogens with zero attached hydrogens (tertiary/aromatic N) is 2. The highest BCUT2D eigenvalue weighted by Gasteiger charge is 2.37. The normalized spacial score (nSPS) is 15.0. The number of imide groups is 2.